The Labute approximate surface area is 87.1 Å². The van der Waals surface area contributed by atoms with Gasteiger partial charge in [0.05, 0.1) is 0 Å². The number of nitrogens with one attached hydrogen (secondary N) is 1. The Balaban J connectivity index is 2.31. The van der Waals surface area contributed by atoms with Crippen LogP contribution in [0.1, 0.15) is 5.89 Å². The summed E-state index contributed by atoms with van der Waals surface area (Å²) in [4.78, 5) is 4.24. The van der Waals surface area contributed by atoms with Crippen LogP contribution < -0.4 is 5.32 Å². The molecule has 1 N–H and O–H groups in total. The molecule has 3 nitrogen and oxygen atoms in total. The molecule has 1 heterocycles. The van der Waals surface area contributed by atoms with E-state index in [0.717, 1.165) is 23.3 Å². The van der Waals surface area contributed by atoms with Crippen molar-refractivity contribution in [3.63, 3.8) is 0 Å². The highest BCUT2D eigenvalue weighted by Gasteiger charge is 2.02. The van der Waals surface area contributed by atoms with Gasteiger partial charge in [-0.25, -0.2) is 4.98 Å². The van der Waals surface area contributed by atoms with Crippen LogP contribution in [0.3, 0.4) is 0 Å². The average Bonchev–Trinajstić information content (AvgIpc) is 2.54. The van der Waals surface area contributed by atoms with Crippen molar-refractivity contribution in [3.05, 3.63) is 24.1 Å². The number of oxazole rings is 1. The molecule has 0 spiro atoms. The maximum absolute atomic E-state index is 5.58. The zero-order valence-corrected chi connectivity index (χ0v) is 8.64. The Hall–Kier alpha value is -1.22. The molecule has 0 aliphatic rings. The lowest BCUT2D eigenvalue weighted by Gasteiger charge is -2.02. The number of hydrogen-bond acceptors (Lipinski definition) is 3. The van der Waals surface area contributed by atoms with Gasteiger partial charge in [-0.3, -0.25) is 0 Å². The van der Waals surface area contributed by atoms with Crippen LogP contribution in [0, 0.1) is 6.92 Å². The molecule has 1 aromatic heterocycles. The van der Waals surface area contributed by atoms with Gasteiger partial charge < -0.3 is 9.73 Å². The van der Waals surface area contributed by atoms with E-state index in [1.807, 2.05) is 25.1 Å². The largest absolute Gasteiger partial charge is 0.441 e. The molecule has 14 heavy (non-hydrogen) atoms. The fourth-order valence-corrected chi connectivity index (χ4v) is 1.44. The summed E-state index contributed by atoms with van der Waals surface area (Å²) in [5.41, 5.74) is 2.72. The van der Waals surface area contributed by atoms with Gasteiger partial charge in [0.25, 0.3) is 0 Å². The Morgan fingerprint density at radius 2 is 2.36 bits per heavy atom. The maximum atomic E-state index is 5.58. The van der Waals surface area contributed by atoms with E-state index in [1.165, 1.54) is 0 Å². The summed E-state index contributed by atoms with van der Waals surface area (Å²) >= 11 is 5.58. The van der Waals surface area contributed by atoms with Crippen LogP contribution in [0.25, 0.3) is 11.1 Å². The predicted molar refractivity (Wildman–Crippen MR) is 58.0 cm³/mol. The highest BCUT2D eigenvalue weighted by Crippen LogP contribution is 2.19. The van der Waals surface area contributed by atoms with E-state index in [1.54, 1.807) is 0 Å². The van der Waals surface area contributed by atoms with Crippen molar-refractivity contribution in [1.82, 2.24) is 4.98 Å². The molecule has 0 fully saturated rings. The molecule has 4 heteroatoms. The number of alkyl halides is 1. The topological polar surface area (TPSA) is 38.1 Å². The molecular formula is C10H11ClN2O. The van der Waals surface area contributed by atoms with Gasteiger partial charge >= 0.3 is 0 Å². The Bertz CT molecular complexity index is 439. The van der Waals surface area contributed by atoms with Gasteiger partial charge in [0.1, 0.15) is 5.52 Å². The van der Waals surface area contributed by atoms with Crippen molar-refractivity contribution in [2.24, 2.45) is 0 Å². The molecule has 2 rings (SSSR count). The first-order valence-electron chi connectivity index (χ1n) is 4.46. The number of anilines is 1. The molecule has 0 atom stereocenters. The van der Waals surface area contributed by atoms with Crippen molar-refractivity contribution in [3.8, 4) is 0 Å². The number of aryl methyl sites for hydroxylation is 1. The third-order valence-corrected chi connectivity index (χ3v) is 2.11. The Morgan fingerprint density at radius 1 is 1.50 bits per heavy atom. The first-order valence-corrected chi connectivity index (χ1v) is 5.00. The second-order valence-corrected chi connectivity index (χ2v) is 3.41. The van der Waals surface area contributed by atoms with Crippen molar-refractivity contribution >= 4 is 28.4 Å². The summed E-state index contributed by atoms with van der Waals surface area (Å²) in [5.74, 6) is 1.28. The molecule has 0 radical (unpaired) electrons. The summed E-state index contributed by atoms with van der Waals surface area (Å²) in [6, 6.07) is 5.82. The molecule has 2 aromatic rings. The van der Waals surface area contributed by atoms with Gasteiger partial charge in [-0.05, 0) is 18.2 Å². The van der Waals surface area contributed by atoms with Crippen LogP contribution in [0.5, 0.6) is 0 Å². The fraction of sp³-hybridized carbons (Fsp3) is 0.300. The molecule has 0 unspecified atom stereocenters. The smallest absolute Gasteiger partial charge is 0.192 e. The molecule has 0 saturated heterocycles. The number of aromatic nitrogens is 1. The summed E-state index contributed by atoms with van der Waals surface area (Å²) < 4.78 is 5.36. The average molecular weight is 211 g/mol. The van der Waals surface area contributed by atoms with Gasteiger partial charge in [-0.15, -0.1) is 11.6 Å². The van der Waals surface area contributed by atoms with Gasteiger partial charge in [0, 0.05) is 25.0 Å². The number of rotatable bonds is 3. The summed E-state index contributed by atoms with van der Waals surface area (Å²) in [6.45, 7) is 2.59. The van der Waals surface area contributed by atoms with Gasteiger partial charge in [0.2, 0.25) is 0 Å². The zero-order chi connectivity index (χ0) is 9.97. The lowest BCUT2D eigenvalue weighted by molar-refractivity contribution is 0.561. The number of nitrogens with zero attached hydrogens (tertiary/aromatic N) is 1. The molecule has 0 bridgehead atoms. The predicted octanol–water partition coefficient (Wildman–Crippen LogP) is 2.79. The van der Waals surface area contributed by atoms with Crippen LogP contribution in [0.15, 0.2) is 22.6 Å². The highest BCUT2D eigenvalue weighted by atomic mass is 35.5. The molecule has 0 saturated carbocycles. The van der Waals surface area contributed by atoms with Gasteiger partial charge in [-0.1, -0.05) is 0 Å². The molecule has 1 aromatic carbocycles. The maximum Gasteiger partial charge on any atom is 0.192 e. The fourth-order valence-electron chi connectivity index (χ4n) is 1.34. The van der Waals surface area contributed by atoms with Crippen LogP contribution >= 0.6 is 11.6 Å². The van der Waals surface area contributed by atoms with E-state index < -0.39 is 0 Å². The van der Waals surface area contributed by atoms with Gasteiger partial charge in [-0.2, -0.15) is 0 Å². The zero-order valence-electron chi connectivity index (χ0n) is 7.88. The summed E-state index contributed by atoms with van der Waals surface area (Å²) in [5, 5.41) is 3.18. The second kappa shape index (κ2) is 3.88. The monoisotopic (exact) mass is 210 g/mol. The molecule has 0 amide bonds. The first kappa shape index (κ1) is 9.34. The second-order valence-electron chi connectivity index (χ2n) is 3.03. The van der Waals surface area contributed by atoms with E-state index in [-0.39, 0.29) is 0 Å². The molecule has 0 aliphatic carbocycles. The highest BCUT2D eigenvalue weighted by molar-refractivity contribution is 6.18. The minimum atomic E-state index is 0.593. The van der Waals surface area contributed by atoms with E-state index >= 15 is 0 Å². The third kappa shape index (κ3) is 1.82. The summed E-state index contributed by atoms with van der Waals surface area (Å²) in [7, 11) is 0. The van der Waals surface area contributed by atoms with E-state index in [0.29, 0.717) is 11.8 Å². The van der Waals surface area contributed by atoms with Crippen LogP contribution in [-0.4, -0.2) is 17.4 Å². The van der Waals surface area contributed by atoms with E-state index in [9.17, 15) is 0 Å². The van der Waals surface area contributed by atoms with E-state index in [2.05, 4.69) is 10.3 Å². The minimum absolute atomic E-state index is 0.593. The lowest BCUT2D eigenvalue weighted by Crippen LogP contribution is -2.01. The van der Waals surface area contributed by atoms with Crippen molar-refractivity contribution in [2.45, 2.75) is 6.92 Å². The molecule has 74 valence electrons. The number of benzene rings is 1. The number of halogens is 1. The van der Waals surface area contributed by atoms with Crippen LogP contribution in [-0.2, 0) is 0 Å². The lowest BCUT2D eigenvalue weighted by atomic mass is 10.3. The van der Waals surface area contributed by atoms with Crippen molar-refractivity contribution in [2.75, 3.05) is 17.7 Å². The van der Waals surface area contributed by atoms with Crippen molar-refractivity contribution in [1.29, 1.82) is 0 Å². The quantitative estimate of drug-likeness (QED) is 0.792. The molecular weight excluding hydrogens is 200 g/mol. The standard InChI is InChI=1S/C10H11ClN2O/c1-7-13-9-6-8(12-5-4-11)2-3-10(9)14-7/h2-3,6,12H,4-5H2,1H3. The van der Waals surface area contributed by atoms with Crippen molar-refractivity contribution < 1.29 is 4.42 Å². The van der Waals surface area contributed by atoms with Crippen LogP contribution in [0.4, 0.5) is 5.69 Å². The summed E-state index contributed by atoms with van der Waals surface area (Å²) in [6.07, 6.45) is 0. The minimum Gasteiger partial charge on any atom is -0.441 e. The normalized spacial score (nSPS) is 10.7. The number of fused-ring (bicyclic) bond motifs is 1. The Kier molecular flexibility index (Phi) is 2.59. The Morgan fingerprint density at radius 3 is 3.14 bits per heavy atom. The van der Waals surface area contributed by atoms with Gasteiger partial charge in [0.15, 0.2) is 11.5 Å². The van der Waals surface area contributed by atoms with E-state index in [4.69, 9.17) is 16.0 Å². The first-order chi connectivity index (χ1) is 6.79. The third-order valence-electron chi connectivity index (χ3n) is 1.92. The van der Waals surface area contributed by atoms with Crippen LogP contribution in [0.2, 0.25) is 0 Å². The number of hydrogen-bond donors (Lipinski definition) is 1. The molecule has 0 aliphatic heterocycles. The SMILES string of the molecule is Cc1nc2cc(NCCCl)ccc2o1.